The molecule has 0 amide bonds. The predicted molar refractivity (Wildman–Crippen MR) is 64.5 cm³/mol. The normalized spacial score (nSPS) is 17.4. The smallest absolute Gasteiger partial charge is 0.283 e. The highest BCUT2D eigenvalue weighted by Gasteiger charge is 2.42. The lowest BCUT2D eigenvalue weighted by Crippen LogP contribution is -2.30. The molecule has 0 aromatic carbocycles. The quantitative estimate of drug-likeness (QED) is 0.744. The third-order valence-corrected chi connectivity index (χ3v) is 3.47. The van der Waals surface area contributed by atoms with Crippen molar-refractivity contribution in [1.29, 1.82) is 0 Å². The van der Waals surface area contributed by atoms with Crippen molar-refractivity contribution in [1.82, 2.24) is 19.5 Å². The van der Waals surface area contributed by atoms with E-state index in [2.05, 4.69) is 15.0 Å². The van der Waals surface area contributed by atoms with Crippen LogP contribution >= 0.6 is 23.2 Å². The minimum Gasteiger partial charge on any atom is -0.283 e. The van der Waals surface area contributed by atoms with E-state index in [0.29, 0.717) is 11.2 Å². The zero-order chi connectivity index (χ0) is 12.2. The first-order valence-electron chi connectivity index (χ1n) is 5.12. The number of halogens is 2. The Morgan fingerprint density at radius 3 is 2.71 bits per heavy atom. The number of hydrogen-bond acceptors (Lipinski definition) is 4. The molecule has 7 heteroatoms. The third-order valence-electron chi connectivity index (χ3n) is 3.04. The van der Waals surface area contributed by atoms with Crippen molar-refractivity contribution in [2.45, 2.75) is 25.3 Å². The maximum atomic E-state index is 12.0. The molecule has 0 unspecified atom stereocenters. The van der Waals surface area contributed by atoms with E-state index in [-0.39, 0.29) is 21.5 Å². The average molecular weight is 271 g/mol. The van der Waals surface area contributed by atoms with Gasteiger partial charge in [-0.25, -0.2) is 9.97 Å². The molecular weight excluding hydrogens is 263 g/mol. The van der Waals surface area contributed by atoms with Gasteiger partial charge in [0.1, 0.15) is 5.52 Å². The molecule has 88 valence electrons. The van der Waals surface area contributed by atoms with E-state index in [1.807, 2.05) is 6.92 Å². The molecule has 0 N–H and O–H groups in total. The number of rotatable bonds is 1. The minimum atomic E-state index is -0.325. The van der Waals surface area contributed by atoms with Gasteiger partial charge in [-0.2, -0.15) is 4.98 Å². The van der Waals surface area contributed by atoms with E-state index in [9.17, 15) is 4.79 Å². The molecule has 2 heterocycles. The molecule has 1 saturated carbocycles. The lowest BCUT2D eigenvalue weighted by molar-refractivity contribution is 0.526. The van der Waals surface area contributed by atoms with Crippen LogP contribution in [0.4, 0.5) is 0 Å². The van der Waals surface area contributed by atoms with E-state index >= 15 is 0 Å². The Morgan fingerprint density at radius 1 is 1.35 bits per heavy atom. The molecule has 1 aliphatic rings. The van der Waals surface area contributed by atoms with Crippen molar-refractivity contribution in [3.05, 3.63) is 27.0 Å². The Balaban J connectivity index is 2.48. The number of aromatic nitrogens is 4. The molecule has 1 aliphatic carbocycles. The minimum absolute atomic E-state index is 0.0588. The monoisotopic (exact) mass is 270 g/mol. The van der Waals surface area contributed by atoms with Gasteiger partial charge in [-0.1, -0.05) is 11.6 Å². The molecule has 5 nitrogen and oxygen atoms in total. The van der Waals surface area contributed by atoms with Crippen LogP contribution in [0.25, 0.3) is 11.2 Å². The molecule has 17 heavy (non-hydrogen) atoms. The Labute approximate surface area is 106 Å². The third kappa shape index (κ3) is 1.61. The summed E-state index contributed by atoms with van der Waals surface area (Å²) in [6, 6.07) is 0. The molecular formula is C10H8Cl2N4O. The van der Waals surface area contributed by atoms with Crippen LogP contribution in [0, 0.1) is 0 Å². The van der Waals surface area contributed by atoms with Gasteiger partial charge in [-0.05, 0) is 31.4 Å². The number of nitrogens with zero attached hydrogens (tertiary/aromatic N) is 4. The molecule has 0 radical (unpaired) electrons. The lowest BCUT2D eigenvalue weighted by Gasteiger charge is -2.15. The van der Waals surface area contributed by atoms with Gasteiger partial charge in [-0.15, -0.1) is 0 Å². The second kappa shape index (κ2) is 3.40. The van der Waals surface area contributed by atoms with Gasteiger partial charge in [0.15, 0.2) is 10.8 Å². The first kappa shape index (κ1) is 10.9. The van der Waals surface area contributed by atoms with Crippen LogP contribution in [0.5, 0.6) is 0 Å². The summed E-state index contributed by atoms with van der Waals surface area (Å²) in [6.07, 6.45) is 3.31. The standard InChI is InChI=1S/C10H8Cl2N4O/c1-10(2-3-10)16-7-5(4-13-9(12)15-7)14-6(11)8(16)17/h4H,2-3H2,1H3. The van der Waals surface area contributed by atoms with Crippen molar-refractivity contribution in [2.75, 3.05) is 0 Å². The Morgan fingerprint density at radius 2 is 2.06 bits per heavy atom. The van der Waals surface area contributed by atoms with Crippen LogP contribution in [0.2, 0.25) is 10.4 Å². The summed E-state index contributed by atoms with van der Waals surface area (Å²) in [7, 11) is 0. The van der Waals surface area contributed by atoms with Crippen molar-refractivity contribution < 1.29 is 0 Å². The fraction of sp³-hybridized carbons (Fsp3) is 0.400. The summed E-state index contributed by atoms with van der Waals surface area (Å²) in [5.74, 6) is 0. The molecule has 0 bridgehead atoms. The Hall–Kier alpha value is -1.20. The van der Waals surface area contributed by atoms with Crippen molar-refractivity contribution in [3.8, 4) is 0 Å². The highest BCUT2D eigenvalue weighted by atomic mass is 35.5. The first-order chi connectivity index (χ1) is 8.01. The van der Waals surface area contributed by atoms with Gasteiger partial charge in [0, 0.05) is 5.54 Å². The van der Waals surface area contributed by atoms with Crippen LogP contribution < -0.4 is 5.56 Å². The highest BCUT2D eigenvalue weighted by Crippen LogP contribution is 2.43. The maximum absolute atomic E-state index is 12.0. The summed E-state index contributed by atoms with van der Waals surface area (Å²) in [5, 5.41) is 0.0376. The van der Waals surface area contributed by atoms with Crippen LogP contribution in [0.15, 0.2) is 11.0 Å². The highest BCUT2D eigenvalue weighted by molar-refractivity contribution is 6.29. The van der Waals surface area contributed by atoms with Crippen LogP contribution in [0.3, 0.4) is 0 Å². The van der Waals surface area contributed by atoms with Gasteiger partial charge < -0.3 is 0 Å². The molecule has 2 aromatic rings. The molecule has 3 rings (SSSR count). The van der Waals surface area contributed by atoms with Crippen molar-refractivity contribution >= 4 is 34.4 Å². The van der Waals surface area contributed by atoms with Gasteiger partial charge in [0.05, 0.1) is 6.20 Å². The van der Waals surface area contributed by atoms with Gasteiger partial charge >= 0.3 is 0 Å². The van der Waals surface area contributed by atoms with E-state index in [1.54, 1.807) is 4.57 Å². The number of fused-ring (bicyclic) bond motifs is 1. The molecule has 0 aliphatic heterocycles. The zero-order valence-corrected chi connectivity index (χ0v) is 10.5. The van der Waals surface area contributed by atoms with Crippen LogP contribution in [-0.4, -0.2) is 19.5 Å². The molecule has 0 atom stereocenters. The Bertz CT molecular complexity index is 678. The van der Waals surface area contributed by atoms with Crippen molar-refractivity contribution in [2.24, 2.45) is 0 Å². The second-order valence-electron chi connectivity index (χ2n) is 4.39. The summed E-state index contributed by atoms with van der Waals surface area (Å²) >= 11 is 11.6. The van der Waals surface area contributed by atoms with Gasteiger partial charge in [0.25, 0.3) is 5.56 Å². The SMILES string of the molecule is CC1(n2c(=O)c(Cl)nc3cnc(Cl)nc32)CC1. The molecule has 0 spiro atoms. The fourth-order valence-corrected chi connectivity index (χ4v) is 2.14. The van der Waals surface area contributed by atoms with E-state index < -0.39 is 0 Å². The van der Waals surface area contributed by atoms with E-state index in [0.717, 1.165) is 12.8 Å². The van der Waals surface area contributed by atoms with Gasteiger partial charge in [-0.3, -0.25) is 9.36 Å². The predicted octanol–water partition coefficient (Wildman–Crippen LogP) is 2.00. The largest absolute Gasteiger partial charge is 0.290 e. The number of hydrogen-bond donors (Lipinski definition) is 0. The fourth-order valence-electron chi connectivity index (χ4n) is 1.84. The zero-order valence-electron chi connectivity index (χ0n) is 8.94. The Kier molecular flexibility index (Phi) is 2.18. The van der Waals surface area contributed by atoms with Crippen LogP contribution in [-0.2, 0) is 5.54 Å². The topological polar surface area (TPSA) is 60.7 Å². The molecule has 2 aromatic heterocycles. The molecule has 1 fully saturated rings. The van der Waals surface area contributed by atoms with Crippen LogP contribution in [0.1, 0.15) is 19.8 Å². The molecule has 0 saturated heterocycles. The van der Waals surface area contributed by atoms with Gasteiger partial charge in [0.2, 0.25) is 5.28 Å². The van der Waals surface area contributed by atoms with E-state index in [4.69, 9.17) is 23.2 Å². The van der Waals surface area contributed by atoms with Crippen molar-refractivity contribution in [3.63, 3.8) is 0 Å². The summed E-state index contributed by atoms with van der Waals surface area (Å²) in [6.45, 7) is 1.99. The average Bonchev–Trinajstić information content (AvgIpc) is 3.00. The first-order valence-corrected chi connectivity index (χ1v) is 5.88. The second-order valence-corrected chi connectivity index (χ2v) is 5.08. The van der Waals surface area contributed by atoms with E-state index in [1.165, 1.54) is 6.20 Å². The lowest BCUT2D eigenvalue weighted by atomic mass is 10.3. The summed E-state index contributed by atoms with van der Waals surface area (Å²) in [5.41, 5.74) is 0.375. The summed E-state index contributed by atoms with van der Waals surface area (Å²) in [4.78, 5) is 23.9. The maximum Gasteiger partial charge on any atom is 0.290 e. The summed E-state index contributed by atoms with van der Waals surface area (Å²) < 4.78 is 1.57.